The molecule has 0 aromatic carbocycles. The Morgan fingerprint density at radius 1 is 1.32 bits per heavy atom. The molecule has 0 fully saturated rings. The molecular formula is C13H26N6. The molecule has 1 aromatic heterocycles. The fraction of sp³-hybridized carbons (Fsp3) is 0.692. The van der Waals surface area contributed by atoms with Crippen molar-refractivity contribution in [1.82, 2.24) is 14.9 Å². The van der Waals surface area contributed by atoms with Crippen molar-refractivity contribution < 1.29 is 0 Å². The number of aromatic nitrogens is 2. The molecule has 0 bridgehead atoms. The van der Waals surface area contributed by atoms with Gasteiger partial charge in [-0.3, -0.25) is 0 Å². The van der Waals surface area contributed by atoms with Crippen LogP contribution >= 0.6 is 0 Å². The Balaban J connectivity index is 3.10. The van der Waals surface area contributed by atoms with E-state index in [0.717, 1.165) is 30.9 Å². The predicted octanol–water partition coefficient (Wildman–Crippen LogP) is 1.10. The number of nitrogens with one attached hydrogen (secondary N) is 1. The minimum atomic E-state index is 0.380. The number of hydrogen-bond donors (Lipinski definition) is 2. The van der Waals surface area contributed by atoms with Gasteiger partial charge in [-0.15, -0.1) is 0 Å². The molecule has 6 nitrogen and oxygen atoms in total. The van der Waals surface area contributed by atoms with Gasteiger partial charge in [0, 0.05) is 24.7 Å². The first-order valence-corrected chi connectivity index (χ1v) is 6.76. The molecule has 0 aliphatic rings. The predicted molar refractivity (Wildman–Crippen MR) is 80.3 cm³/mol. The number of likely N-dealkylation sites (N-methyl/N-ethyl adjacent to an activating group) is 2. The number of anilines is 2. The third-order valence-electron chi connectivity index (χ3n) is 3.19. The van der Waals surface area contributed by atoms with E-state index in [1.165, 1.54) is 0 Å². The first-order valence-electron chi connectivity index (χ1n) is 6.76. The van der Waals surface area contributed by atoms with Crippen molar-refractivity contribution >= 4 is 11.6 Å². The minimum Gasteiger partial charge on any atom is -0.353 e. The van der Waals surface area contributed by atoms with E-state index in [4.69, 9.17) is 5.84 Å². The summed E-state index contributed by atoms with van der Waals surface area (Å²) in [5, 5.41) is 0. The highest BCUT2D eigenvalue weighted by Crippen LogP contribution is 2.24. The first kappa shape index (κ1) is 15.7. The molecular weight excluding hydrogens is 240 g/mol. The standard InChI is InChI=1S/C13H26N6/c1-6-11-12(17-14)15-9-16-13(11)19(7-2)10(3)8-18(4)5/h9-10H,6-8,14H2,1-5H3,(H,15,16,17). The molecule has 0 aliphatic carbocycles. The van der Waals surface area contributed by atoms with E-state index in [2.05, 4.69) is 60.1 Å². The summed E-state index contributed by atoms with van der Waals surface area (Å²) >= 11 is 0. The lowest BCUT2D eigenvalue weighted by Crippen LogP contribution is -2.41. The van der Waals surface area contributed by atoms with Gasteiger partial charge in [0.2, 0.25) is 0 Å². The molecule has 1 aromatic rings. The third kappa shape index (κ3) is 3.78. The van der Waals surface area contributed by atoms with Crippen LogP contribution in [0.4, 0.5) is 11.6 Å². The molecule has 0 aliphatic heterocycles. The zero-order valence-electron chi connectivity index (χ0n) is 12.6. The van der Waals surface area contributed by atoms with Gasteiger partial charge in [-0.05, 0) is 34.4 Å². The van der Waals surface area contributed by atoms with Crippen LogP contribution in [0.1, 0.15) is 26.3 Å². The molecule has 6 heteroatoms. The van der Waals surface area contributed by atoms with Gasteiger partial charge in [-0.2, -0.15) is 0 Å². The highest BCUT2D eigenvalue weighted by Gasteiger charge is 2.19. The number of hydrogen-bond acceptors (Lipinski definition) is 6. The molecule has 0 radical (unpaired) electrons. The van der Waals surface area contributed by atoms with E-state index in [-0.39, 0.29) is 0 Å². The summed E-state index contributed by atoms with van der Waals surface area (Å²) in [6.45, 7) is 8.33. The van der Waals surface area contributed by atoms with Crippen LogP contribution in [-0.4, -0.2) is 48.1 Å². The normalized spacial score (nSPS) is 12.6. The van der Waals surface area contributed by atoms with E-state index < -0.39 is 0 Å². The van der Waals surface area contributed by atoms with Gasteiger partial charge < -0.3 is 15.2 Å². The van der Waals surface area contributed by atoms with Gasteiger partial charge >= 0.3 is 0 Å². The Morgan fingerprint density at radius 3 is 2.47 bits per heavy atom. The number of hydrazine groups is 1. The van der Waals surface area contributed by atoms with Crippen molar-refractivity contribution in [2.45, 2.75) is 33.2 Å². The second kappa shape index (κ2) is 7.25. The average molecular weight is 266 g/mol. The van der Waals surface area contributed by atoms with Crippen LogP contribution in [0, 0.1) is 0 Å². The van der Waals surface area contributed by atoms with Crippen LogP contribution in [0.5, 0.6) is 0 Å². The highest BCUT2D eigenvalue weighted by molar-refractivity contribution is 5.58. The molecule has 1 rings (SSSR count). The van der Waals surface area contributed by atoms with Crippen LogP contribution in [0.15, 0.2) is 6.33 Å². The van der Waals surface area contributed by atoms with Gasteiger partial charge in [0.25, 0.3) is 0 Å². The van der Waals surface area contributed by atoms with Crippen LogP contribution in [0.25, 0.3) is 0 Å². The van der Waals surface area contributed by atoms with Crippen LogP contribution in [0.3, 0.4) is 0 Å². The molecule has 0 amide bonds. The summed E-state index contributed by atoms with van der Waals surface area (Å²) in [6.07, 6.45) is 2.41. The van der Waals surface area contributed by atoms with E-state index in [1.54, 1.807) is 6.33 Å². The molecule has 19 heavy (non-hydrogen) atoms. The van der Waals surface area contributed by atoms with Crippen LogP contribution in [-0.2, 0) is 6.42 Å². The molecule has 0 saturated heterocycles. The quantitative estimate of drug-likeness (QED) is 0.569. The van der Waals surface area contributed by atoms with Gasteiger partial charge in [0.1, 0.15) is 18.0 Å². The van der Waals surface area contributed by atoms with Crippen LogP contribution < -0.4 is 16.2 Å². The number of nitrogens with two attached hydrogens (primary N) is 1. The number of nitrogen functional groups attached to an aromatic ring is 1. The summed E-state index contributed by atoms with van der Waals surface area (Å²) in [7, 11) is 4.16. The van der Waals surface area contributed by atoms with Gasteiger partial charge in [0.05, 0.1) is 0 Å². The number of rotatable bonds is 7. The Labute approximate surface area is 116 Å². The van der Waals surface area contributed by atoms with Crippen molar-refractivity contribution in [3.63, 3.8) is 0 Å². The molecule has 108 valence electrons. The maximum atomic E-state index is 5.53. The van der Waals surface area contributed by atoms with E-state index >= 15 is 0 Å². The molecule has 1 heterocycles. The SMILES string of the molecule is CCc1c(NN)ncnc1N(CC)C(C)CN(C)C. The van der Waals surface area contributed by atoms with Crippen molar-refractivity contribution in [3.8, 4) is 0 Å². The second-order valence-corrected chi connectivity index (χ2v) is 4.92. The number of nitrogens with zero attached hydrogens (tertiary/aromatic N) is 4. The lowest BCUT2D eigenvalue weighted by Gasteiger charge is -2.32. The molecule has 1 unspecified atom stereocenters. The van der Waals surface area contributed by atoms with Gasteiger partial charge in [-0.1, -0.05) is 6.92 Å². The lowest BCUT2D eigenvalue weighted by molar-refractivity contribution is 0.372. The minimum absolute atomic E-state index is 0.380. The molecule has 0 spiro atoms. The maximum absolute atomic E-state index is 5.53. The smallest absolute Gasteiger partial charge is 0.148 e. The zero-order valence-corrected chi connectivity index (χ0v) is 12.6. The second-order valence-electron chi connectivity index (χ2n) is 4.92. The summed E-state index contributed by atoms with van der Waals surface area (Å²) < 4.78 is 0. The maximum Gasteiger partial charge on any atom is 0.148 e. The fourth-order valence-electron chi connectivity index (χ4n) is 2.40. The topological polar surface area (TPSA) is 70.3 Å². The van der Waals surface area contributed by atoms with Crippen molar-refractivity contribution in [2.24, 2.45) is 5.84 Å². The van der Waals surface area contributed by atoms with E-state index in [0.29, 0.717) is 11.9 Å². The van der Waals surface area contributed by atoms with E-state index in [9.17, 15) is 0 Å². The lowest BCUT2D eigenvalue weighted by atomic mass is 10.1. The van der Waals surface area contributed by atoms with Crippen molar-refractivity contribution in [3.05, 3.63) is 11.9 Å². The van der Waals surface area contributed by atoms with E-state index in [1.807, 2.05) is 0 Å². The largest absolute Gasteiger partial charge is 0.353 e. The zero-order chi connectivity index (χ0) is 14.4. The Bertz CT molecular complexity index is 393. The van der Waals surface area contributed by atoms with Gasteiger partial charge in [-0.25, -0.2) is 15.8 Å². The van der Waals surface area contributed by atoms with Crippen LogP contribution in [0.2, 0.25) is 0 Å². The molecule has 0 saturated carbocycles. The highest BCUT2D eigenvalue weighted by atomic mass is 15.3. The van der Waals surface area contributed by atoms with Crippen molar-refractivity contribution in [1.29, 1.82) is 0 Å². The summed E-state index contributed by atoms with van der Waals surface area (Å²) in [4.78, 5) is 13.1. The Hall–Kier alpha value is -1.40. The summed E-state index contributed by atoms with van der Waals surface area (Å²) in [5.41, 5.74) is 3.72. The van der Waals surface area contributed by atoms with Gasteiger partial charge in [0.15, 0.2) is 0 Å². The Morgan fingerprint density at radius 2 is 2.00 bits per heavy atom. The Kier molecular flexibility index (Phi) is 5.98. The molecule has 1 atom stereocenters. The summed E-state index contributed by atoms with van der Waals surface area (Å²) in [6, 6.07) is 0.380. The third-order valence-corrected chi connectivity index (χ3v) is 3.19. The monoisotopic (exact) mass is 266 g/mol. The first-order chi connectivity index (χ1) is 9.04. The summed E-state index contributed by atoms with van der Waals surface area (Å²) in [5.74, 6) is 7.21. The van der Waals surface area contributed by atoms with Crippen molar-refractivity contribution in [2.75, 3.05) is 37.5 Å². The average Bonchev–Trinajstić information content (AvgIpc) is 2.38. The molecule has 3 N–H and O–H groups in total. The fourth-order valence-corrected chi connectivity index (χ4v) is 2.40.